The number of alkyl carbamates (subject to hydrolysis) is 1. The van der Waals surface area contributed by atoms with E-state index in [1.165, 1.54) is 6.07 Å². The Labute approximate surface area is 136 Å². The number of nitrogens with one attached hydrogen (secondary N) is 2. The molecular formula is C15H22N2O5S. The van der Waals surface area contributed by atoms with Gasteiger partial charge in [0.05, 0.1) is 6.26 Å². The number of hydrogen-bond acceptors (Lipinski definition) is 5. The number of carbonyl (C=O) groups excluding carboxylic acids is 2. The van der Waals surface area contributed by atoms with Gasteiger partial charge in [0.15, 0.2) is 0 Å². The van der Waals surface area contributed by atoms with E-state index in [1.54, 1.807) is 39.0 Å². The van der Waals surface area contributed by atoms with E-state index in [1.807, 2.05) is 4.72 Å². The lowest BCUT2D eigenvalue weighted by Crippen LogP contribution is -2.33. The van der Waals surface area contributed by atoms with Gasteiger partial charge in [0.25, 0.3) is 5.91 Å². The molecule has 2 N–H and O–H groups in total. The average molecular weight is 342 g/mol. The molecule has 1 rings (SSSR count). The molecule has 1 aromatic rings. The van der Waals surface area contributed by atoms with Crippen molar-refractivity contribution in [3.63, 3.8) is 0 Å². The van der Waals surface area contributed by atoms with Crippen molar-refractivity contribution in [3.05, 3.63) is 35.4 Å². The van der Waals surface area contributed by atoms with Crippen LogP contribution >= 0.6 is 0 Å². The van der Waals surface area contributed by atoms with E-state index in [4.69, 9.17) is 4.74 Å². The highest BCUT2D eigenvalue weighted by Gasteiger charge is 2.15. The fourth-order valence-electron chi connectivity index (χ4n) is 1.72. The van der Waals surface area contributed by atoms with Gasteiger partial charge in [-0.15, -0.1) is 0 Å². The summed E-state index contributed by atoms with van der Waals surface area (Å²) < 4.78 is 29.2. The van der Waals surface area contributed by atoms with E-state index in [0.717, 1.165) is 11.8 Å². The Hall–Kier alpha value is -2.09. The van der Waals surface area contributed by atoms with Crippen LogP contribution in [-0.4, -0.2) is 38.8 Å². The molecule has 0 aliphatic heterocycles. The maximum atomic E-state index is 11.8. The number of amides is 2. The predicted molar refractivity (Wildman–Crippen MR) is 86.7 cm³/mol. The Balaban J connectivity index is 2.58. The van der Waals surface area contributed by atoms with E-state index in [0.29, 0.717) is 13.0 Å². The minimum atomic E-state index is -3.60. The third kappa shape index (κ3) is 8.20. The van der Waals surface area contributed by atoms with Gasteiger partial charge in [0.1, 0.15) is 5.60 Å². The summed E-state index contributed by atoms with van der Waals surface area (Å²) >= 11 is 0. The largest absolute Gasteiger partial charge is 0.444 e. The van der Waals surface area contributed by atoms with Crippen molar-refractivity contribution < 1.29 is 22.7 Å². The van der Waals surface area contributed by atoms with Gasteiger partial charge in [-0.1, -0.05) is 12.1 Å². The Bertz CT molecular complexity index is 677. The molecule has 0 saturated heterocycles. The molecule has 0 atom stereocenters. The first kappa shape index (κ1) is 19.0. The molecule has 0 bridgehead atoms. The van der Waals surface area contributed by atoms with E-state index in [-0.39, 0.29) is 5.56 Å². The summed E-state index contributed by atoms with van der Waals surface area (Å²) in [7, 11) is -3.60. The Kier molecular flexibility index (Phi) is 6.14. The van der Waals surface area contributed by atoms with Crippen molar-refractivity contribution in [1.82, 2.24) is 10.0 Å². The first-order valence-electron chi connectivity index (χ1n) is 7.04. The van der Waals surface area contributed by atoms with Gasteiger partial charge < -0.3 is 10.1 Å². The van der Waals surface area contributed by atoms with Crippen molar-refractivity contribution in [1.29, 1.82) is 0 Å². The molecule has 0 aliphatic carbocycles. The van der Waals surface area contributed by atoms with Crippen LogP contribution in [0.3, 0.4) is 0 Å². The zero-order chi connectivity index (χ0) is 17.7. The molecule has 1 aromatic carbocycles. The third-order valence-corrected chi connectivity index (χ3v) is 3.11. The molecule has 0 aromatic heterocycles. The lowest BCUT2D eigenvalue weighted by atomic mass is 10.1. The lowest BCUT2D eigenvalue weighted by molar-refractivity contribution is 0.0528. The van der Waals surface area contributed by atoms with Gasteiger partial charge in [-0.2, -0.15) is 0 Å². The molecular weight excluding hydrogens is 320 g/mol. The Morgan fingerprint density at radius 2 is 1.87 bits per heavy atom. The Morgan fingerprint density at radius 1 is 1.22 bits per heavy atom. The average Bonchev–Trinajstić information content (AvgIpc) is 2.35. The highest BCUT2D eigenvalue weighted by molar-refractivity contribution is 7.89. The first-order valence-corrected chi connectivity index (χ1v) is 8.93. The van der Waals surface area contributed by atoms with E-state index in [9.17, 15) is 18.0 Å². The number of hydrogen-bond donors (Lipinski definition) is 2. The topological polar surface area (TPSA) is 102 Å². The van der Waals surface area contributed by atoms with E-state index < -0.39 is 27.6 Å². The maximum Gasteiger partial charge on any atom is 0.407 e. The second-order valence-electron chi connectivity index (χ2n) is 6.08. The molecule has 0 fully saturated rings. The first-order chi connectivity index (χ1) is 10.5. The number of carbonyl (C=O) groups is 2. The van der Waals surface area contributed by atoms with Crippen LogP contribution in [0.4, 0.5) is 4.79 Å². The van der Waals surface area contributed by atoms with Crippen LogP contribution in [0.5, 0.6) is 0 Å². The number of rotatable bonds is 5. The highest BCUT2D eigenvalue weighted by Crippen LogP contribution is 2.08. The quantitative estimate of drug-likeness (QED) is 0.843. The standard InChI is InChI=1S/C15H22N2O5S/c1-15(2,3)22-14(19)16-9-8-11-6-5-7-12(10-11)13(18)17-23(4,20)21/h5-7,10H,8-9H2,1-4H3,(H,16,19)(H,17,18). The van der Waals surface area contributed by atoms with Crippen molar-refractivity contribution in [3.8, 4) is 0 Å². The summed E-state index contributed by atoms with van der Waals surface area (Å²) in [6, 6.07) is 6.54. The van der Waals surface area contributed by atoms with Gasteiger partial charge in [-0.05, 0) is 44.9 Å². The fraction of sp³-hybridized carbons (Fsp3) is 0.467. The summed E-state index contributed by atoms with van der Waals surface area (Å²) in [6.45, 7) is 5.66. The number of sulfonamides is 1. The van der Waals surface area contributed by atoms with Crippen molar-refractivity contribution in [2.24, 2.45) is 0 Å². The predicted octanol–water partition coefficient (Wildman–Crippen LogP) is 1.44. The molecule has 23 heavy (non-hydrogen) atoms. The Morgan fingerprint density at radius 3 is 2.43 bits per heavy atom. The second kappa shape index (κ2) is 7.45. The molecule has 2 amide bonds. The molecule has 0 unspecified atom stereocenters. The fourth-order valence-corrected chi connectivity index (χ4v) is 2.17. The van der Waals surface area contributed by atoms with Crippen LogP contribution in [0, 0.1) is 0 Å². The maximum absolute atomic E-state index is 11.8. The summed E-state index contributed by atoms with van der Waals surface area (Å²) in [6.07, 6.45) is 0.891. The minimum absolute atomic E-state index is 0.241. The van der Waals surface area contributed by atoms with Crippen LogP contribution in [0.25, 0.3) is 0 Å². The smallest absolute Gasteiger partial charge is 0.407 e. The van der Waals surface area contributed by atoms with Gasteiger partial charge in [0.2, 0.25) is 10.0 Å². The van der Waals surface area contributed by atoms with Crippen LogP contribution < -0.4 is 10.0 Å². The van der Waals surface area contributed by atoms with Gasteiger partial charge in [0, 0.05) is 12.1 Å². The molecule has 8 heteroatoms. The van der Waals surface area contributed by atoms with Crippen molar-refractivity contribution in [2.75, 3.05) is 12.8 Å². The monoisotopic (exact) mass is 342 g/mol. The highest BCUT2D eigenvalue weighted by atomic mass is 32.2. The minimum Gasteiger partial charge on any atom is -0.444 e. The molecule has 7 nitrogen and oxygen atoms in total. The third-order valence-electron chi connectivity index (χ3n) is 2.55. The molecule has 0 spiro atoms. The summed E-state index contributed by atoms with van der Waals surface area (Å²) in [5, 5.41) is 2.62. The van der Waals surface area contributed by atoms with E-state index in [2.05, 4.69) is 5.32 Å². The second-order valence-corrected chi connectivity index (χ2v) is 7.83. The summed E-state index contributed by atoms with van der Waals surface area (Å²) in [4.78, 5) is 23.3. The number of ether oxygens (including phenoxy) is 1. The van der Waals surface area contributed by atoms with Crippen molar-refractivity contribution >= 4 is 22.0 Å². The molecule has 0 radical (unpaired) electrons. The van der Waals surface area contributed by atoms with Crippen LogP contribution in [-0.2, 0) is 21.2 Å². The van der Waals surface area contributed by atoms with Crippen LogP contribution in [0.2, 0.25) is 0 Å². The van der Waals surface area contributed by atoms with Crippen LogP contribution in [0.15, 0.2) is 24.3 Å². The summed E-state index contributed by atoms with van der Waals surface area (Å²) in [5.74, 6) is -0.686. The SMILES string of the molecule is CC(C)(C)OC(=O)NCCc1cccc(C(=O)NS(C)(=O)=O)c1. The van der Waals surface area contributed by atoms with E-state index >= 15 is 0 Å². The van der Waals surface area contributed by atoms with Gasteiger partial charge in [-0.3, -0.25) is 4.79 Å². The summed E-state index contributed by atoms with van der Waals surface area (Å²) in [5.41, 5.74) is 0.473. The molecule has 0 aliphatic rings. The van der Waals surface area contributed by atoms with Gasteiger partial charge in [-0.25, -0.2) is 17.9 Å². The molecule has 0 heterocycles. The zero-order valence-corrected chi connectivity index (χ0v) is 14.5. The molecule has 0 saturated carbocycles. The number of benzene rings is 1. The zero-order valence-electron chi connectivity index (χ0n) is 13.7. The van der Waals surface area contributed by atoms with Crippen LogP contribution in [0.1, 0.15) is 36.7 Å². The molecule has 128 valence electrons. The normalized spacial score (nSPS) is 11.7. The lowest BCUT2D eigenvalue weighted by Gasteiger charge is -2.19. The van der Waals surface area contributed by atoms with Crippen molar-refractivity contribution in [2.45, 2.75) is 32.8 Å². The van der Waals surface area contributed by atoms with Gasteiger partial charge >= 0.3 is 6.09 Å².